The van der Waals surface area contributed by atoms with Crippen molar-refractivity contribution < 1.29 is 27.6 Å². The van der Waals surface area contributed by atoms with Gasteiger partial charge in [-0.15, -0.1) is 0 Å². The Hall–Kier alpha value is -2.46. The summed E-state index contributed by atoms with van der Waals surface area (Å²) >= 11 is 0. The maximum atomic E-state index is 13.3. The van der Waals surface area contributed by atoms with Gasteiger partial charge in [-0.2, -0.15) is 13.2 Å². The van der Waals surface area contributed by atoms with Crippen molar-refractivity contribution in [3.05, 3.63) is 35.4 Å². The third-order valence-corrected chi connectivity index (χ3v) is 6.13. The van der Waals surface area contributed by atoms with E-state index >= 15 is 0 Å². The minimum absolute atomic E-state index is 0.0440. The molecule has 0 spiro atoms. The Balaban J connectivity index is 1.88. The van der Waals surface area contributed by atoms with E-state index in [9.17, 15) is 27.6 Å². The van der Waals surface area contributed by atoms with Crippen molar-refractivity contribution in [2.24, 2.45) is 5.92 Å². The van der Waals surface area contributed by atoms with Gasteiger partial charge in [0.15, 0.2) is 0 Å². The summed E-state index contributed by atoms with van der Waals surface area (Å²) in [5.74, 6) is -1.12. The summed E-state index contributed by atoms with van der Waals surface area (Å²) in [6, 6.07) is 4.39. The monoisotopic (exact) mass is 440 g/mol. The van der Waals surface area contributed by atoms with Crippen LogP contribution in [-0.2, 0) is 26.0 Å². The highest BCUT2D eigenvalue weighted by Crippen LogP contribution is 2.42. The Labute approximate surface area is 178 Å². The number of nitrogens with zero attached hydrogens (tertiary/aromatic N) is 2. The second kappa shape index (κ2) is 8.96. The predicted octanol–water partition coefficient (Wildman–Crippen LogP) is 1.68. The SMILES string of the molecule is CCN1C(=O)CC(CC(=O)N(C)CCC2CNNC2)(c2cccc(C(F)(F)F)c2)C1=O. The van der Waals surface area contributed by atoms with E-state index in [1.165, 1.54) is 17.0 Å². The van der Waals surface area contributed by atoms with Crippen LogP contribution in [0.15, 0.2) is 24.3 Å². The maximum absolute atomic E-state index is 13.3. The lowest BCUT2D eigenvalue weighted by molar-refractivity contribution is -0.142. The molecule has 31 heavy (non-hydrogen) atoms. The summed E-state index contributed by atoms with van der Waals surface area (Å²) in [6.07, 6.45) is -4.53. The maximum Gasteiger partial charge on any atom is 0.416 e. The summed E-state index contributed by atoms with van der Waals surface area (Å²) in [5.41, 5.74) is 3.54. The van der Waals surface area contributed by atoms with E-state index in [1.54, 1.807) is 14.0 Å². The predicted molar refractivity (Wildman–Crippen MR) is 106 cm³/mol. The van der Waals surface area contributed by atoms with Crippen molar-refractivity contribution in [2.45, 2.75) is 37.8 Å². The lowest BCUT2D eigenvalue weighted by atomic mass is 9.75. The molecule has 1 atom stereocenters. The molecule has 0 radical (unpaired) electrons. The number of amides is 3. The number of nitrogens with one attached hydrogen (secondary N) is 2. The van der Waals surface area contributed by atoms with Gasteiger partial charge in [-0.25, -0.2) is 0 Å². The lowest BCUT2D eigenvalue weighted by Crippen LogP contribution is -2.43. The van der Waals surface area contributed by atoms with Gasteiger partial charge in [-0.05, 0) is 30.9 Å². The highest BCUT2D eigenvalue weighted by Gasteiger charge is 2.54. The molecule has 1 aromatic carbocycles. The molecule has 2 aliphatic heterocycles. The molecule has 2 saturated heterocycles. The van der Waals surface area contributed by atoms with Gasteiger partial charge in [0.05, 0.1) is 11.0 Å². The molecule has 0 bridgehead atoms. The van der Waals surface area contributed by atoms with Crippen molar-refractivity contribution in [1.82, 2.24) is 20.7 Å². The van der Waals surface area contributed by atoms with Crippen LogP contribution in [0.25, 0.3) is 0 Å². The van der Waals surface area contributed by atoms with Gasteiger partial charge >= 0.3 is 6.18 Å². The van der Waals surface area contributed by atoms with Gasteiger partial charge in [-0.3, -0.25) is 30.1 Å². The molecule has 7 nitrogen and oxygen atoms in total. The van der Waals surface area contributed by atoms with Crippen LogP contribution in [-0.4, -0.2) is 60.7 Å². The van der Waals surface area contributed by atoms with E-state index in [-0.39, 0.29) is 30.9 Å². The molecular formula is C21H27F3N4O3. The fourth-order valence-electron chi connectivity index (χ4n) is 4.18. The number of hydrogen-bond donors (Lipinski definition) is 2. The van der Waals surface area contributed by atoms with Gasteiger partial charge in [-0.1, -0.05) is 18.2 Å². The molecule has 0 saturated carbocycles. The first-order valence-corrected chi connectivity index (χ1v) is 10.3. The molecule has 2 aliphatic rings. The molecule has 2 fully saturated rings. The average Bonchev–Trinajstić information content (AvgIpc) is 3.32. The number of alkyl halides is 3. The van der Waals surface area contributed by atoms with Crippen LogP contribution in [0.3, 0.4) is 0 Å². The molecule has 1 unspecified atom stereocenters. The molecule has 1 aromatic rings. The molecule has 0 aromatic heterocycles. The molecule has 3 amide bonds. The number of likely N-dealkylation sites (tertiary alicyclic amines) is 1. The van der Waals surface area contributed by atoms with Gasteiger partial charge < -0.3 is 4.90 Å². The lowest BCUT2D eigenvalue weighted by Gasteiger charge is -2.30. The van der Waals surface area contributed by atoms with Crippen LogP contribution < -0.4 is 10.9 Å². The van der Waals surface area contributed by atoms with Crippen LogP contribution in [0.1, 0.15) is 37.3 Å². The molecule has 0 aliphatic carbocycles. The summed E-state index contributed by atoms with van der Waals surface area (Å²) < 4.78 is 39.9. The Morgan fingerprint density at radius 3 is 2.52 bits per heavy atom. The largest absolute Gasteiger partial charge is 0.416 e. The zero-order valence-electron chi connectivity index (χ0n) is 17.6. The topological polar surface area (TPSA) is 81.8 Å². The molecule has 2 heterocycles. The Morgan fingerprint density at radius 2 is 1.94 bits per heavy atom. The third-order valence-electron chi connectivity index (χ3n) is 6.13. The van der Waals surface area contributed by atoms with E-state index in [1.807, 2.05) is 0 Å². The van der Waals surface area contributed by atoms with E-state index in [4.69, 9.17) is 0 Å². The minimum atomic E-state index is -4.60. The summed E-state index contributed by atoms with van der Waals surface area (Å²) in [4.78, 5) is 41.2. The number of rotatable bonds is 7. The normalized spacial score (nSPS) is 22.4. The summed E-state index contributed by atoms with van der Waals surface area (Å²) in [7, 11) is 1.61. The van der Waals surface area contributed by atoms with Gasteiger partial charge in [0, 0.05) is 46.1 Å². The zero-order chi connectivity index (χ0) is 22.8. The first-order valence-electron chi connectivity index (χ1n) is 10.3. The highest BCUT2D eigenvalue weighted by atomic mass is 19.4. The van der Waals surface area contributed by atoms with Crippen LogP contribution >= 0.6 is 0 Å². The Bertz CT molecular complexity index is 855. The second-order valence-corrected chi connectivity index (χ2v) is 8.19. The van der Waals surface area contributed by atoms with Crippen molar-refractivity contribution in [1.29, 1.82) is 0 Å². The fraction of sp³-hybridized carbons (Fsp3) is 0.571. The van der Waals surface area contributed by atoms with E-state index in [0.717, 1.165) is 36.5 Å². The van der Waals surface area contributed by atoms with Crippen LogP contribution in [0.4, 0.5) is 13.2 Å². The quantitative estimate of drug-likeness (QED) is 0.631. The van der Waals surface area contributed by atoms with Crippen molar-refractivity contribution in [2.75, 3.05) is 33.2 Å². The van der Waals surface area contributed by atoms with Crippen LogP contribution in [0.5, 0.6) is 0 Å². The molecule has 2 N–H and O–H groups in total. The van der Waals surface area contributed by atoms with Gasteiger partial charge in [0.1, 0.15) is 0 Å². The second-order valence-electron chi connectivity index (χ2n) is 8.19. The number of carbonyl (C=O) groups excluding carboxylic acids is 3. The molecular weight excluding hydrogens is 413 g/mol. The number of halogens is 3. The van der Waals surface area contributed by atoms with Crippen molar-refractivity contribution >= 4 is 17.7 Å². The van der Waals surface area contributed by atoms with Crippen LogP contribution in [0.2, 0.25) is 0 Å². The first kappa shape index (κ1) is 23.2. The third kappa shape index (κ3) is 4.74. The Kier molecular flexibility index (Phi) is 6.70. The fourth-order valence-corrected chi connectivity index (χ4v) is 4.18. The van der Waals surface area contributed by atoms with E-state index in [0.29, 0.717) is 12.5 Å². The number of hydrazine groups is 1. The molecule has 170 valence electrons. The Morgan fingerprint density at radius 1 is 1.26 bits per heavy atom. The molecule has 10 heteroatoms. The van der Waals surface area contributed by atoms with Crippen molar-refractivity contribution in [3.63, 3.8) is 0 Å². The number of benzene rings is 1. The highest BCUT2D eigenvalue weighted by molar-refractivity contribution is 6.10. The number of hydrogen-bond acceptors (Lipinski definition) is 5. The first-order chi connectivity index (χ1) is 14.6. The summed E-state index contributed by atoms with van der Waals surface area (Å²) in [6.45, 7) is 3.74. The van der Waals surface area contributed by atoms with Gasteiger partial charge in [0.25, 0.3) is 0 Å². The standard InChI is InChI=1S/C21H27F3N4O3/c1-3-28-18(30)11-20(19(28)31,15-5-4-6-16(9-15)21(22,23)24)10-17(29)27(2)8-7-14-12-25-26-13-14/h4-6,9,14,25-26H,3,7-8,10-13H2,1-2H3. The number of likely N-dealkylation sites (N-methyl/N-ethyl adjacent to an activating group) is 1. The smallest absolute Gasteiger partial charge is 0.346 e. The minimum Gasteiger partial charge on any atom is -0.346 e. The van der Waals surface area contributed by atoms with Crippen LogP contribution in [0, 0.1) is 5.92 Å². The summed E-state index contributed by atoms with van der Waals surface area (Å²) in [5, 5.41) is 0. The zero-order valence-corrected chi connectivity index (χ0v) is 17.6. The molecule has 3 rings (SSSR count). The van der Waals surface area contributed by atoms with E-state index < -0.39 is 29.0 Å². The van der Waals surface area contributed by atoms with E-state index in [2.05, 4.69) is 10.9 Å². The number of carbonyl (C=O) groups is 3. The number of imide groups is 1. The van der Waals surface area contributed by atoms with Gasteiger partial charge in [0.2, 0.25) is 17.7 Å². The average molecular weight is 440 g/mol. The van der Waals surface area contributed by atoms with Crippen molar-refractivity contribution in [3.8, 4) is 0 Å².